The minimum absolute atomic E-state index is 0.0646. The molecule has 34 heavy (non-hydrogen) atoms. The smallest absolute Gasteiger partial charge is 0.338 e. The second-order valence-electron chi connectivity index (χ2n) is 8.40. The van der Waals surface area contributed by atoms with Crippen LogP contribution in [0.3, 0.4) is 0 Å². The van der Waals surface area contributed by atoms with Crippen molar-refractivity contribution in [3.8, 4) is 0 Å². The zero-order valence-corrected chi connectivity index (χ0v) is 18.7. The first-order valence-electron chi connectivity index (χ1n) is 11.2. The van der Waals surface area contributed by atoms with Gasteiger partial charge in [-0.3, -0.25) is 15.0 Å². The first-order valence-corrected chi connectivity index (χ1v) is 11.2. The molecule has 0 atom stereocenters. The number of benzene rings is 2. The number of hydrogen-bond donors (Lipinski definition) is 2. The third-order valence-corrected chi connectivity index (χ3v) is 6.06. The number of carbonyl (C=O) groups is 1. The lowest BCUT2D eigenvalue weighted by atomic mass is 9.96. The van der Waals surface area contributed by atoms with Crippen molar-refractivity contribution in [2.45, 2.75) is 19.0 Å². The van der Waals surface area contributed by atoms with Gasteiger partial charge in [0.25, 0.3) is 0 Å². The number of rotatable bonds is 8. The zero-order chi connectivity index (χ0) is 24.1. The van der Waals surface area contributed by atoms with Crippen molar-refractivity contribution >= 4 is 6.03 Å². The summed E-state index contributed by atoms with van der Waals surface area (Å²) in [4.78, 5) is 15.5. The quantitative estimate of drug-likeness (QED) is 0.387. The van der Waals surface area contributed by atoms with Gasteiger partial charge in [-0.25, -0.2) is 18.6 Å². The summed E-state index contributed by atoms with van der Waals surface area (Å²) in [5.74, 6) is 0.901. The number of primary amides is 1. The van der Waals surface area contributed by atoms with Crippen LogP contribution in [0.1, 0.15) is 28.7 Å². The Bertz CT molecular complexity index is 1030. The number of carbonyl (C=O) groups excluding carboxylic acids is 1. The summed E-state index contributed by atoms with van der Waals surface area (Å²) in [6.45, 7) is 3.89. The van der Waals surface area contributed by atoms with Gasteiger partial charge in [0.1, 0.15) is 23.2 Å². The van der Waals surface area contributed by atoms with Gasteiger partial charge in [0.2, 0.25) is 0 Å². The maximum atomic E-state index is 13.5. The molecule has 1 aromatic heterocycles. The van der Waals surface area contributed by atoms with E-state index < -0.39 is 6.03 Å². The monoisotopic (exact) mass is 470 g/mol. The third kappa shape index (κ3) is 5.99. The van der Waals surface area contributed by atoms with Gasteiger partial charge < -0.3 is 10.2 Å². The van der Waals surface area contributed by atoms with E-state index in [4.69, 9.17) is 10.2 Å². The molecule has 1 saturated heterocycles. The largest absolute Gasteiger partial charge is 0.465 e. The summed E-state index contributed by atoms with van der Waals surface area (Å²) >= 11 is 0. The van der Waals surface area contributed by atoms with Crippen molar-refractivity contribution in [2.75, 3.05) is 32.7 Å². The fourth-order valence-electron chi connectivity index (χ4n) is 4.27. The number of urea groups is 1. The molecular formula is C25H28F2N4O3. The molecule has 9 heteroatoms. The van der Waals surface area contributed by atoms with Crippen LogP contribution in [-0.4, -0.2) is 58.8 Å². The van der Waals surface area contributed by atoms with Crippen molar-refractivity contribution < 1.29 is 23.2 Å². The Balaban J connectivity index is 1.38. The Morgan fingerprint density at radius 1 is 0.912 bits per heavy atom. The van der Waals surface area contributed by atoms with Crippen LogP contribution in [0.4, 0.5) is 13.6 Å². The van der Waals surface area contributed by atoms with E-state index in [0.717, 1.165) is 43.1 Å². The molecule has 2 amide bonds. The normalized spacial score (nSPS) is 15.1. The molecule has 0 spiro atoms. The van der Waals surface area contributed by atoms with Crippen molar-refractivity contribution in [3.05, 3.63) is 94.9 Å². The fraction of sp³-hybridized carbons (Fsp3) is 0.320. The minimum atomic E-state index is -0.899. The summed E-state index contributed by atoms with van der Waals surface area (Å²) in [7, 11) is 0. The fourth-order valence-corrected chi connectivity index (χ4v) is 4.27. The number of nitrogens with zero attached hydrogens (tertiary/aromatic N) is 3. The lowest BCUT2D eigenvalue weighted by Gasteiger charge is -2.39. The van der Waals surface area contributed by atoms with Gasteiger partial charge in [-0.2, -0.15) is 0 Å². The van der Waals surface area contributed by atoms with Gasteiger partial charge in [0, 0.05) is 32.6 Å². The molecule has 4 rings (SSSR count). The van der Waals surface area contributed by atoms with Gasteiger partial charge in [-0.1, -0.05) is 24.3 Å². The van der Waals surface area contributed by atoms with Crippen LogP contribution in [0.15, 0.2) is 65.1 Å². The topological polar surface area (TPSA) is 86.2 Å². The molecule has 0 aliphatic carbocycles. The minimum Gasteiger partial charge on any atom is -0.465 e. The summed E-state index contributed by atoms with van der Waals surface area (Å²) in [5, 5.41) is 9.84. The number of halogens is 2. The lowest BCUT2D eigenvalue weighted by Crippen LogP contribution is -2.47. The molecule has 2 aromatic carbocycles. The highest BCUT2D eigenvalue weighted by Crippen LogP contribution is 2.30. The Kier molecular flexibility index (Phi) is 7.56. The molecule has 0 saturated carbocycles. The number of hydrogen-bond acceptors (Lipinski definition) is 5. The third-order valence-electron chi connectivity index (χ3n) is 6.06. The molecule has 7 nitrogen and oxygen atoms in total. The molecule has 0 unspecified atom stereocenters. The molecule has 2 heterocycles. The Labute approximate surface area is 196 Å². The maximum Gasteiger partial charge on any atom is 0.338 e. The van der Waals surface area contributed by atoms with Crippen molar-refractivity contribution in [1.82, 2.24) is 14.9 Å². The van der Waals surface area contributed by atoms with E-state index in [9.17, 15) is 18.8 Å². The maximum absolute atomic E-state index is 13.5. The van der Waals surface area contributed by atoms with Crippen LogP contribution in [0.5, 0.6) is 0 Å². The molecule has 180 valence electrons. The van der Waals surface area contributed by atoms with E-state index in [1.807, 2.05) is 12.1 Å². The van der Waals surface area contributed by atoms with Gasteiger partial charge in [0.15, 0.2) is 0 Å². The Morgan fingerprint density at radius 3 is 1.97 bits per heavy atom. The van der Waals surface area contributed by atoms with E-state index in [-0.39, 0.29) is 24.2 Å². The summed E-state index contributed by atoms with van der Waals surface area (Å²) in [5.41, 5.74) is 6.94. The predicted molar refractivity (Wildman–Crippen MR) is 122 cm³/mol. The van der Waals surface area contributed by atoms with Crippen LogP contribution in [0.2, 0.25) is 0 Å². The van der Waals surface area contributed by atoms with Crippen LogP contribution in [-0.2, 0) is 13.0 Å². The van der Waals surface area contributed by atoms with Crippen LogP contribution >= 0.6 is 0 Å². The summed E-state index contributed by atoms with van der Waals surface area (Å²) < 4.78 is 32.9. The SMILES string of the molecule is NC(=O)N(O)CCc1ccc(CN2CCN(C(c3ccc(F)cc3)c3ccc(F)cc3)CC2)o1. The number of amides is 2. The molecule has 1 aliphatic heterocycles. The second-order valence-corrected chi connectivity index (χ2v) is 8.40. The first kappa shape index (κ1) is 23.9. The van der Waals surface area contributed by atoms with Crippen LogP contribution in [0.25, 0.3) is 0 Å². The standard InChI is InChI=1S/C25H28F2N4O3/c26-20-5-1-18(2-6-20)24(19-3-7-21(27)8-4-19)30-15-13-29(14-16-30)17-23-10-9-22(34-23)11-12-31(33)25(28)32/h1-10,24,33H,11-17H2,(H2,28,32). The van der Waals surface area contributed by atoms with Crippen molar-refractivity contribution in [1.29, 1.82) is 0 Å². The highest BCUT2D eigenvalue weighted by molar-refractivity contribution is 5.70. The van der Waals surface area contributed by atoms with Gasteiger partial charge in [0.05, 0.1) is 19.1 Å². The zero-order valence-electron chi connectivity index (χ0n) is 18.7. The molecular weight excluding hydrogens is 442 g/mol. The van der Waals surface area contributed by atoms with E-state index in [0.29, 0.717) is 23.8 Å². The Hall–Kier alpha value is -3.27. The van der Waals surface area contributed by atoms with E-state index in [2.05, 4.69) is 9.80 Å². The lowest BCUT2D eigenvalue weighted by molar-refractivity contribution is -0.0390. The molecule has 1 aliphatic rings. The van der Waals surface area contributed by atoms with Crippen LogP contribution in [0, 0.1) is 11.6 Å². The summed E-state index contributed by atoms with van der Waals surface area (Å²) in [6.07, 6.45) is 0.365. The number of hydroxylamine groups is 2. The van der Waals surface area contributed by atoms with Crippen molar-refractivity contribution in [2.24, 2.45) is 5.73 Å². The van der Waals surface area contributed by atoms with Gasteiger partial charge >= 0.3 is 6.03 Å². The molecule has 0 radical (unpaired) electrons. The average Bonchev–Trinajstić information content (AvgIpc) is 3.28. The van der Waals surface area contributed by atoms with E-state index in [1.54, 1.807) is 24.3 Å². The van der Waals surface area contributed by atoms with E-state index >= 15 is 0 Å². The first-order chi connectivity index (χ1) is 16.4. The highest BCUT2D eigenvalue weighted by Gasteiger charge is 2.27. The number of nitrogens with two attached hydrogens (primary N) is 1. The van der Waals surface area contributed by atoms with Crippen molar-refractivity contribution in [3.63, 3.8) is 0 Å². The second kappa shape index (κ2) is 10.8. The molecule has 1 fully saturated rings. The number of furan rings is 1. The van der Waals surface area contributed by atoms with Gasteiger partial charge in [-0.05, 0) is 47.5 Å². The van der Waals surface area contributed by atoms with Gasteiger partial charge in [-0.15, -0.1) is 0 Å². The molecule has 0 bridgehead atoms. The Morgan fingerprint density at radius 2 is 1.44 bits per heavy atom. The molecule has 3 N–H and O–H groups in total. The average molecular weight is 471 g/mol. The predicted octanol–water partition coefficient (Wildman–Crippen LogP) is 3.78. The van der Waals surface area contributed by atoms with Crippen LogP contribution < -0.4 is 5.73 Å². The summed E-state index contributed by atoms with van der Waals surface area (Å²) in [6, 6.07) is 15.7. The molecule has 3 aromatic rings. The highest BCUT2D eigenvalue weighted by atomic mass is 19.1. The number of piperazine rings is 1. The van der Waals surface area contributed by atoms with E-state index in [1.165, 1.54) is 24.3 Å².